The van der Waals surface area contributed by atoms with E-state index in [1.165, 1.54) is 18.4 Å². The molecule has 0 bridgehead atoms. The number of hydrogen-bond donors (Lipinski definition) is 0. The van der Waals surface area contributed by atoms with Crippen molar-refractivity contribution in [3.8, 4) is 5.75 Å². The van der Waals surface area contributed by atoms with Gasteiger partial charge in [-0.1, -0.05) is 18.2 Å². The van der Waals surface area contributed by atoms with Crippen molar-refractivity contribution < 1.29 is 9.53 Å². The second-order valence-corrected chi connectivity index (χ2v) is 8.23. The second kappa shape index (κ2) is 9.92. The molecule has 3 rings (SSSR count). The predicted octanol–water partition coefficient (Wildman–Crippen LogP) is 2.92. The molecule has 0 aliphatic carbocycles. The van der Waals surface area contributed by atoms with E-state index in [1.54, 1.807) is 11.8 Å². The van der Waals surface area contributed by atoms with Gasteiger partial charge in [0.15, 0.2) is 0 Å². The molecule has 1 atom stereocenters. The summed E-state index contributed by atoms with van der Waals surface area (Å²) in [5, 5.41) is 4.41. The van der Waals surface area contributed by atoms with E-state index in [-0.39, 0.29) is 5.91 Å². The molecule has 0 unspecified atom stereocenters. The molecule has 0 saturated carbocycles. The van der Waals surface area contributed by atoms with Crippen LogP contribution in [0.5, 0.6) is 5.75 Å². The first kappa shape index (κ1) is 21.4. The number of likely N-dealkylation sites (tertiary alicyclic amines) is 1. The van der Waals surface area contributed by atoms with Crippen LogP contribution in [0.1, 0.15) is 29.8 Å². The number of methoxy groups -OCH3 is 1. The number of para-hydroxylation sites is 1. The number of piperidine rings is 1. The Morgan fingerprint density at radius 3 is 2.83 bits per heavy atom. The summed E-state index contributed by atoms with van der Waals surface area (Å²) >= 11 is 0. The summed E-state index contributed by atoms with van der Waals surface area (Å²) in [5.74, 6) is 1.62. The van der Waals surface area contributed by atoms with Gasteiger partial charge in [0, 0.05) is 32.4 Å². The summed E-state index contributed by atoms with van der Waals surface area (Å²) in [6.07, 6.45) is 3.36. The summed E-state index contributed by atoms with van der Waals surface area (Å²) in [4.78, 5) is 17.1. The van der Waals surface area contributed by atoms with Crippen molar-refractivity contribution in [2.75, 3.05) is 40.3 Å². The Morgan fingerprint density at radius 2 is 2.10 bits per heavy atom. The maximum Gasteiger partial charge on any atom is 0.244 e. The van der Waals surface area contributed by atoms with Gasteiger partial charge in [-0.2, -0.15) is 5.10 Å². The quantitative estimate of drug-likeness (QED) is 0.686. The number of carbonyl (C=O) groups is 1. The Morgan fingerprint density at radius 1 is 1.31 bits per heavy atom. The number of carbonyl (C=O) groups excluding carboxylic acids is 1. The molecule has 1 saturated heterocycles. The molecular formula is C23H34N4O2. The minimum absolute atomic E-state index is 0.127. The van der Waals surface area contributed by atoms with Gasteiger partial charge in [0.25, 0.3) is 0 Å². The summed E-state index contributed by atoms with van der Waals surface area (Å²) in [6, 6.07) is 10.3. The minimum atomic E-state index is 0.127. The number of amides is 1. The molecule has 0 spiro atoms. The Kier molecular flexibility index (Phi) is 7.31. The maximum absolute atomic E-state index is 12.6. The highest BCUT2D eigenvalue weighted by Crippen LogP contribution is 2.21. The Balaban J connectivity index is 1.48. The van der Waals surface area contributed by atoms with Crippen molar-refractivity contribution >= 4 is 5.91 Å². The van der Waals surface area contributed by atoms with Crippen molar-refractivity contribution in [1.29, 1.82) is 0 Å². The van der Waals surface area contributed by atoms with Gasteiger partial charge in [-0.3, -0.25) is 9.48 Å². The number of hydrogen-bond acceptors (Lipinski definition) is 4. The molecule has 1 fully saturated rings. The lowest BCUT2D eigenvalue weighted by atomic mass is 9.97. The fourth-order valence-electron chi connectivity index (χ4n) is 4.26. The van der Waals surface area contributed by atoms with Gasteiger partial charge in [-0.25, -0.2) is 0 Å². The van der Waals surface area contributed by atoms with Gasteiger partial charge in [0.05, 0.1) is 12.8 Å². The van der Waals surface area contributed by atoms with Crippen LogP contribution < -0.4 is 4.74 Å². The predicted molar refractivity (Wildman–Crippen MR) is 115 cm³/mol. The minimum Gasteiger partial charge on any atom is -0.496 e. The van der Waals surface area contributed by atoms with Gasteiger partial charge in [0.1, 0.15) is 12.3 Å². The van der Waals surface area contributed by atoms with Gasteiger partial charge in [-0.05, 0) is 63.3 Å². The first-order valence-corrected chi connectivity index (χ1v) is 10.6. The van der Waals surface area contributed by atoms with Crippen LogP contribution in [0.25, 0.3) is 0 Å². The highest BCUT2D eigenvalue weighted by molar-refractivity contribution is 5.75. The number of aryl methyl sites for hydroxylation is 2. The highest BCUT2D eigenvalue weighted by Gasteiger charge is 2.23. The Labute approximate surface area is 174 Å². The third-order valence-corrected chi connectivity index (χ3v) is 5.84. The first-order chi connectivity index (χ1) is 14.0. The van der Waals surface area contributed by atoms with Crippen LogP contribution in [-0.4, -0.2) is 65.8 Å². The van der Waals surface area contributed by atoms with E-state index < -0.39 is 0 Å². The molecule has 2 aromatic rings. The zero-order valence-electron chi connectivity index (χ0n) is 18.2. The van der Waals surface area contributed by atoms with E-state index in [9.17, 15) is 4.79 Å². The van der Waals surface area contributed by atoms with Crippen molar-refractivity contribution in [3.63, 3.8) is 0 Å². The summed E-state index contributed by atoms with van der Waals surface area (Å²) < 4.78 is 7.27. The lowest BCUT2D eigenvalue weighted by Crippen LogP contribution is -2.43. The molecule has 1 aliphatic rings. The number of benzene rings is 1. The fraction of sp³-hybridized carbons (Fsp3) is 0.565. The zero-order valence-corrected chi connectivity index (χ0v) is 18.2. The highest BCUT2D eigenvalue weighted by atomic mass is 16.5. The first-order valence-electron chi connectivity index (χ1n) is 10.6. The maximum atomic E-state index is 12.6. The average molecular weight is 399 g/mol. The largest absolute Gasteiger partial charge is 0.496 e. The Hall–Kier alpha value is -2.34. The molecule has 1 aromatic heterocycles. The monoisotopic (exact) mass is 398 g/mol. The van der Waals surface area contributed by atoms with Crippen LogP contribution in [-0.2, 0) is 17.8 Å². The molecule has 6 nitrogen and oxygen atoms in total. The number of rotatable bonds is 8. The van der Waals surface area contributed by atoms with Gasteiger partial charge >= 0.3 is 0 Å². The SMILES string of the molecule is COc1ccccc1CCN1CCC[C@H](CN(C)C(=O)Cn2nc(C)cc2C)C1. The molecular weight excluding hydrogens is 364 g/mol. The number of aromatic nitrogens is 2. The average Bonchev–Trinajstić information content (AvgIpc) is 3.03. The summed E-state index contributed by atoms with van der Waals surface area (Å²) in [5.41, 5.74) is 3.25. The van der Waals surface area contributed by atoms with Crippen LogP contribution in [0.15, 0.2) is 30.3 Å². The molecule has 1 aromatic carbocycles. The molecule has 0 N–H and O–H groups in total. The third-order valence-electron chi connectivity index (χ3n) is 5.84. The van der Waals surface area contributed by atoms with Crippen LogP contribution in [0, 0.1) is 19.8 Å². The Bertz CT molecular complexity index is 817. The molecule has 158 valence electrons. The van der Waals surface area contributed by atoms with E-state index in [2.05, 4.69) is 22.1 Å². The number of ether oxygens (including phenoxy) is 1. The second-order valence-electron chi connectivity index (χ2n) is 8.23. The van der Waals surface area contributed by atoms with E-state index >= 15 is 0 Å². The number of nitrogens with zero attached hydrogens (tertiary/aromatic N) is 4. The van der Waals surface area contributed by atoms with Crippen LogP contribution >= 0.6 is 0 Å². The zero-order chi connectivity index (χ0) is 20.8. The topological polar surface area (TPSA) is 50.6 Å². The van der Waals surface area contributed by atoms with Crippen LogP contribution in [0.3, 0.4) is 0 Å². The van der Waals surface area contributed by atoms with E-state index in [4.69, 9.17) is 4.74 Å². The van der Waals surface area contributed by atoms with Crippen LogP contribution in [0.2, 0.25) is 0 Å². The van der Waals surface area contributed by atoms with Gasteiger partial charge in [0.2, 0.25) is 5.91 Å². The van der Waals surface area contributed by atoms with Gasteiger partial charge in [-0.15, -0.1) is 0 Å². The molecule has 0 radical (unpaired) electrons. The van der Waals surface area contributed by atoms with E-state index in [0.717, 1.165) is 49.7 Å². The molecule has 1 amide bonds. The lowest BCUT2D eigenvalue weighted by Gasteiger charge is -2.34. The molecule has 6 heteroatoms. The van der Waals surface area contributed by atoms with Gasteiger partial charge < -0.3 is 14.5 Å². The fourth-order valence-corrected chi connectivity index (χ4v) is 4.26. The van der Waals surface area contributed by atoms with E-state index in [1.807, 2.05) is 44.0 Å². The molecule has 2 heterocycles. The standard InChI is InChI=1S/C23H34N4O2/c1-18-14-19(2)27(24-18)17-23(28)25(3)15-20-8-7-12-26(16-20)13-11-21-9-5-6-10-22(21)29-4/h5-6,9-10,14,20H,7-8,11-13,15-17H2,1-4H3/t20-/m1/s1. The normalized spacial score (nSPS) is 17.3. The van der Waals surface area contributed by atoms with Crippen molar-refractivity contribution in [2.24, 2.45) is 5.92 Å². The lowest BCUT2D eigenvalue weighted by molar-refractivity contribution is -0.131. The smallest absolute Gasteiger partial charge is 0.244 e. The van der Waals surface area contributed by atoms with Crippen molar-refractivity contribution in [1.82, 2.24) is 19.6 Å². The third kappa shape index (κ3) is 5.82. The van der Waals surface area contributed by atoms with Crippen molar-refractivity contribution in [3.05, 3.63) is 47.3 Å². The van der Waals surface area contributed by atoms with E-state index in [0.29, 0.717) is 12.5 Å². The summed E-state index contributed by atoms with van der Waals surface area (Å²) in [6.45, 7) is 8.29. The molecule has 1 aliphatic heterocycles. The van der Waals surface area contributed by atoms with Crippen molar-refractivity contribution in [2.45, 2.75) is 39.7 Å². The number of likely N-dealkylation sites (N-methyl/N-ethyl adjacent to an activating group) is 1. The molecule has 29 heavy (non-hydrogen) atoms. The van der Waals surface area contributed by atoms with Crippen LogP contribution in [0.4, 0.5) is 0 Å². The summed E-state index contributed by atoms with van der Waals surface area (Å²) in [7, 11) is 3.65.